The highest BCUT2D eigenvalue weighted by Crippen LogP contribution is 2.39. The number of carbonyl (C=O) groups is 1. The van der Waals surface area contributed by atoms with Crippen molar-refractivity contribution in [2.24, 2.45) is 5.41 Å². The van der Waals surface area contributed by atoms with E-state index in [1.165, 1.54) is 37.6 Å². The van der Waals surface area contributed by atoms with Gasteiger partial charge in [0.1, 0.15) is 10.6 Å². The van der Waals surface area contributed by atoms with Gasteiger partial charge in [-0.15, -0.1) is 0 Å². The quantitative estimate of drug-likeness (QED) is 0.0597. The van der Waals surface area contributed by atoms with E-state index in [1.54, 1.807) is 42.5 Å². The molecule has 1 amide bonds. The van der Waals surface area contributed by atoms with Crippen molar-refractivity contribution >= 4 is 44.0 Å². The number of nitro groups is 1. The lowest BCUT2D eigenvalue weighted by Crippen LogP contribution is -2.33. The molecule has 4 aromatic rings. The van der Waals surface area contributed by atoms with Crippen LogP contribution in [0.1, 0.15) is 92.1 Å². The number of sulfonamides is 1. The average molecular weight is 693 g/mol. The fraction of sp³-hybridized carbons (Fsp3) is 0.444. The van der Waals surface area contributed by atoms with Gasteiger partial charge in [-0.25, -0.2) is 18.6 Å². The van der Waals surface area contributed by atoms with Crippen LogP contribution in [0.4, 0.5) is 21.9 Å². The molecule has 0 unspecified atom stereocenters. The Hall–Kier alpha value is -4.65. The maximum absolute atomic E-state index is 13.9. The van der Waals surface area contributed by atoms with E-state index in [-0.39, 0.29) is 32.3 Å². The minimum Gasteiger partial charge on any atom is -0.492 e. The number of nitrogens with zero attached hydrogens (tertiary/aromatic N) is 3. The number of amides is 1. The fourth-order valence-corrected chi connectivity index (χ4v) is 7.35. The van der Waals surface area contributed by atoms with E-state index in [1.807, 2.05) is 6.07 Å². The lowest BCUT2D eigenvalue weighted by atomic mass is 9.72. The van der Waals surface area contributed by atoms with E-state index in [0.29, 0.717) is 23.7 Å². The summed E-state index contributed by atoms with van der Waals surface area (Å²) in [5.74, 6) is 0.314. The van der Waals surface area contributed by atoms with Crippen molar-refractivity contribution in [1.29, 1.82) is 0 Å². The SMILES string of the molecule is CCCCCCCCOc1ccc(C(C)(C)CC(C)(C)C)cc1S(=O)(=O)Nc1ccc(NNC(=O)n2ncc3c([N+](=O)[O-])cccc32)cc1. The molecule has 0 aliphatic rings. The number of nitro benzene ring substituents is 1. The minimum absolute atomic E-state index is 0.0376. The summed E-state index contributed by atoms with van der Waals surface area (Å²) in [4.78, 5) is 23.7. The lowest BCUT2D eigenvalue weighted by Gasteiger charge is -2.33. The van der Waals surface area contributed by atoms with Crippen LogP contribution in [0.5, 0.6) is 5.75 Å². The molecule has 13 heteroatoms. The van der Waals surface area contributed by atoms with Crippen molar-refractivity contribution in [2.75, 3.05) is 16.8 Å². The number of anilines is 2. The van der Waals surface area contributed by atoms with Crippen molar-refractivity contribution < 1.29 is 22.9 Å². The molecule has 3 N–H and O–H groups in total. The smallest absolute Gasteiger partial charge is 0.361 e. The van der Waals surface area contributed by atoms with Gasteiger partial charge in [-0.2, -0.15) is 9.78 Å². The van der Waals surface area contributed by atoms with Gasteiger partial charge in [-0.1, -0.05) is 85.8 Å². The maximum Gasteiger partial charge on any atom is 0.361 e. The molecule has 4 rings (SSSR count). The van der Waals surface area contributed by atoms with Gasteiger partial charge < -0.3 is 4.74 Å². The summed E-state index contributed by atoms with van der Waals surface area (Å²) >= 11 is 0. The number of aromatic nitrogens is 2. The first-order valence-corrected chi connectivity index (χ1v) is 18.2. The first-order chi connectivity index (χ1) is 23.1. The van der Waals surface area contributed by atoms with Crippen LogP contribution in [0.25, 0.3) is 10.9 Å². The van der Waals surface area contributed by atoms with Crippen LogP contribution in [0.2, 0.25) is 0 Å². The number of hydrogen-bond donors (Lipinski definition) is 3. The molecule has 1 aromatic heterocycles. The van der Waals surface area contributed by atoms with Gasteiger partial charge in [0.25, 0.3) is 15.7 Å². The molecule has 49 heavy (non-hydrogen) atoms. The summed E-state index contributed by atoms with van der Waals surface area (Å²) in [6, 6.07) is 15.5. The van der Waals surface area contributed by atoms with Crippen molar-refractivity contribution in [3.8, 4) is 5.75 Å². The van der Waals surface area contributed by atoms with Crippen molar-refractivity contribution in [3.05, 3.63) is 82.5 Å². The van der Waals surface area contributed by atoms with Crippen LogP contribution in [0.3, 0.4) is 0 Å². The molecule has 264 valence electrons. The monoisotopic (exact) mass is 692 g/mol. The van der Waals surface area contributed by atoms with Crippen molar-refractivity contribution in [1.82, 2.24) is 15.2 Å². The van der Waals surface area contributed by atoms with Crippen LogP contribution < -0.4 is 20.3 Å². The Balaban J connectivity index is 1.48. The number of benzene rings is 3. The zero-order valence-electron chi connectivity index (χ0n) is 29.2. The molecule has 0 aliphatic heterocycles. The van der Waals surface area contributed by atoms with E-state index in [9.17, 15) is 23.3 Å². The topological polar surface area (TPSA) is 157 Å². The normalized spacial score (nSPS) is 12.1. The zero-order valence-corrected chi connectivity index (χ0v) is 30.0. The second-order valence-electron chi connectivity index (χ2n) is 14.2. The maximum atomic E-state index is 13.9. The van der Waals surface area contributed by atoms with E-state index in [2.05, 4.69) is 62.2 Å². The summed E-state index contributed by atoms with van der Waals surface area (Å²) in [6.07, 6.45) is 8.69. The Morgan fingerprint density at radius 1 is 0.939 bits per heavy atom. The standard InChI is InChI=1S/C36H48N6O6S/c1-7-8-9-10-11-12-22-48-32-21-16-26(36(5,6)25-35(2,3)4)23-33(32)49(46,47)40-28-19-17-27(18-20-28)38-39-34(43)41-30-14-13-15-31(42(44)45)29(30)24-37-41/h13-21,23-24,38,40H,7-12,22,25H2,1-6H3,(H,39,43). The van der Waals surface area contributed by atoms with Crippen LogP contribution in [0.15, 0.2) is 71.8 Å². The Labute approximate surface area is 288 Å². The van der Waals surface area contributed by atoms with E-state index in [0.717, 1.165) is 35.9 Å². The highest BCUT2D eigenvalue weighted by atomic mass is 32.2. The zero-order chi connectivity index (χ0) is 35.8. The minimum atomic E-state index is -4.05. The molecule has 12 nitrogen and oxygen atoms in total. The molecule has 0 saturated heterocycles. The number of hydrogen-bond acceptors (Lipinski definition) is 8. The number of fused-ring (bicyclic) bond motifs is 1. The molecular formula is C36H48N6O6S. The molecular weight excluding hydrogens is 644 g/mol. The molecule has 0 aliphatic carbocycles. The predicted octanol–water partition coefficient (Wildman–Crippen LogP) is 8.78. The Morgan fingerprint density at radius 3 is 2.29 bits per heavy atom. The largest absolute Gasteiger partial charge is 0.492 e. The van der Waals surface area contributed by atoms with Gasteiger partial charge in [-0.05, 0) is 71.7 Å². The second-order valence-corrected chi connectivity index (χ2v) is 15.8. The van der Waals surface area contributed by atoms with Gasteiger partial charge >= 0.3 is 6.03 Å². The summed E-state index contributed by atoms with van der Waals surface area (Å²) in [5, 5.41) is 15.5. The molecule has 0 atom stereocenters. The van der Waals surface area contributed by atoms with Crippen LogP contribution in [-0.4, -0.2) is 35.8 Å². The van der Waals surface area contributed by atoms with Gasteiger partial charge in [0.05, 0.1) is 34.3 Å². The van der Waals surface area contributed by atoms with Crippen LogP contribution in [-0.2, 0) is 15.4 Å². The van der Waals surface area contributed by atoms with Gasteiger partial charge in [0.15, 0.2) is 0 Å². The third kappa shape index (κ3) is 9.94. The number of unbranched alkanes of at least 4 members (excludes halogenated alkanes) is 5. The molecule has 3 aromatic carbocycles. The van der Waals surface area contributed by atoms with Crippen LogP contribution >= 0.6 is 0 Å². The van der Waals surface area contributed by atoms with E-state index < -0.39 is 21.0 Å². The fourth-order valence-electron chi connectivity index (χ4n) is 6.12. The first-order valence-electron chi connectivity index (χ1n) is 16.7. The number of nitrogens with one attached hydrogen (secondary N) is 3. The number of non-ortho nitro benzene ring substituents is 1. The summed E-state index contributed by atoms with van der Waals surface area (Å²) in [7, 11) is -4.05. The third-order valence-electron chi connectivity index (χ3n) is 8.17. The van der Waals surface area contributed by atoms with Gasteiger partial charge in [0, 0.05) is 11.8 Å². The second kappa shape index (κ2) is 15.7. The number of hydrazine groups is 1. The number of carbonyl (C=O) groups excluding carboxylic acids is 1. The van der Waals surface area contributed by atoms with E-state index >= 15 is 0 Å². The van der Waals surface area contributed by atoms with Crippen molar-refractivity contribution in [3.63, 3.8) is 0 Å². The summed E-state index contributed by atoms with van der Waals surface area (Å²) < 4.78 is 37.5. The molecule has 0 saturated carbocycles. The summed E-state index contributed by atoms with van der Waals surface area (Å²) in [6.45, 7) is 13.4. The molecule has 0 radical (unpaired) electrons. The first kappa shape index (κ1) is 37.2. The molecule has 0 spiro atoms. The van der Waals surface area contributed by atoms with Gasteiger partial charge in [-0.3, -0.25) is 20.3 Å². The molecule has 0 fully saturated rings. The lowest BCUT2D eigenvalue weighted by molar-refractivity contribution is -0.383. The van der Waals surface area contributed by atoms with Crippen molar-refractivity contribution in [2.45, 2.75) is 96.8 Å². The summed E-state index contributed by atoms with van der Waals surface area (Å²) in [5.41, 5.74) is 6.84. The highest BCUT2D eigenvalue weighted by molar-refractivity contribution is 7.92. The molecule has 1 heterocycles. The Bertz CT molecular complexity index is 1860. The average Bonchev–Trinajstić information content (AvgIpc) is 3.47. The number of ether oxygens (including phenoxy) is 1. The van der Waals surface area contributed by atoms with E-state index in [4.69, 9.17) is 4.74 Å². The Kier molecular flexibility index (Phi) is 11.9. The molecule has 0 bridgehead atoms. The Morgan fingerprint density at radius 2 is 1.61 bits per heavy atom. The highest BCUT2D eigenvalue weighted by Gasteiger charge is 2.30. The predicted molar refractivity (Wildman–Crippen MR) is 194 cm³/mol. The van der Waals surface area contributed by atoms with Gasteiger partial charge in [0.2, 0.25) is 0 Å². The third-order valence-corrected chi connectivity index (χ3v) is 9.58. The van der Waals surface area contributed by atoms with Crippen LogP contribution in [0, 0.1) is 15.5 Å². The number of rotatable bonds is 16.